The highest BCUT2D eigenvalue weighted by atomic mass is 16.3. The lowest BCUT2D eigenvalue weighted by Gasteiger charge is -2.14. The van der Waals surface area contributed by atoms with Gasteiger partial charge in [0.15, 0.2) is 0 Å². The molecule has 1 heterocycles. The quantitative estimate of drug-likeness (QED) is 0.666. The van der Waals surface area contributed by atoms with Gasteiger partial charge in [-0.05, 0) is 24.5 Å². The van der Waals surface area contributed by atoms with Crippen LogP contribution in [0.4, 0.5) is 5.69 Å². The number of nitrogens with two attached hydrogens (primary N) is 1. The number of rotatable bonds is 7. The molecule has 0 fully saturated rings. The van der Waals surface area contributed by atoms with Gasteiger partial charge in [0, 0.05) is 18.8 Å². The van der Waals surface area contributed by atoms with Crippen molar-refractivity contribution in [3.05, 3.63) is 24.0 Å². The Balaban J connectivity index is 2.35. The van der Waals surface area contributed by atoms with E-state index in [1.807, 2.05) is 6.92 Å². The van der Waals surface area contributed by atoms with Crippen LogP contribution in [0, 0.1) is 5.92 Å². The number of nitrogens with one attached hydrogen (secondary N) is 1. The summed E-state index contributed by atoms with van der Waals surface area (Å²) >= 11 is 0. The predicted octanol–water partition coefficient (Wildman–Crippen LogP) is 0.731. The fraction of sp³-hybridized carbons (Fsp3) is 0.538. The fourth-order valence-electron chi connectivity index (χ4n) is 1.66. The number of aliphatic hydroxyl groups excluding tert-OH is 1. The van der Waals surface area contributed by atoms with E-state index < -0.39 is 0 Å². The summed E-state index contributed by atoms with van der Waals surface area (Å²) in [6.07, 6.45) is 3.47. The molecule has 1 aromatic rings. The molecule has 0 saturated heterocycles. The van der Waals surface area contributed by atoms with Gasteiger partial charge in [-0.2, -0.15) is 0 Å². The first-order valence-corrected chi connectivity index (χ1v) is 6.23. The number of nitrogen functional groups attached to an aromatic ring is 1. The van der Waals surface area contributed by atoms with Crippen LogP contribution < -0.4 is 11.1 Å². The Morgan fingerprint density at radius 3 is 2.89 bits per heavy atom. The van der Waals surface area contributed by atoms with Crippen molar-refractivity contribution in [3.8, 4) is 0 Å². The third kappa shape index (κ3) is 5.14. The summed E-state index contributed by atoms with van der Waals surface area (Å²) in [4.78, 5) is 15.8. The number of aromatic nitrogens is 1. The van der Waals surface area contributed by atoms with Crippen molar-refractivity contribution in [2.45, 2.75) is 26.2 Å². The van der Waals surface area contributed by atoms with E-state index in [-0.39, 0.29) is 18.9 Å². The van der Waals surface area contributed by atoms with E-state index in [0.717, 1.165) is 12.8 Å². The van der Waals surface area contributed by atoms with E-state index in [9.17, 15) is 4.79 Å². The van der Waals surface area contributed by atoms with Crippen molar-refractivity contribution in [1.82, 2.24) is 10.3 Å². The van der Waals surface area contributed by atoms with Crippen molar-refractivity contribution in [2.75, 3.05) is 18.9 Å². The van der Waals surface area contributed by atoms with Gasteiger partial charge in [0.1, 0.15) is 0 Å². The zero-order valence-electron chi connectivity index (χ0n) is 10.7. The summed E-state index contributed by atoms with van der Waals surface area (Å²) in [6.45, 7) is 2.81. The molecule has 0 aliphatic heterocycles. The summed E-state index contributed by atoms with van der Waals surface area (Å²) < 4.78 is 0. The molecule has 1 amide bonds. The highest BCUT2D eigenvalue weighted by molar-refractivity contribution is 5.78. The molecule has 4 N–H and O–H groups in total. The lowest BCUT2D eigenvalue weighted by molar-refractivity contribution is -0.120. The van der Waals surface area contributed by atoms with Crippen molar-refractivity contribution in [3.63, 3.8) is 0 Å². The third-order valence-corrected chi connectivity index (χ3v) is 2.89. The zero-order chi connectivity index (χ0) is 13.4. The standard InChI is InChI=1S/C13H21N3O2/c1-2-10(5-6-17)8-16-13(18)7-12-4-3-11(14)9-15-12/h3-4,9-10,17H,2,5-8,14H2,1H3,(H,16,18). The predicted molar refractivity (Wildman–Crippen MR) is 70.8 cm³/mol. The molecular formula is C13H21N3O2. The van der Waals surface area contributed by atoms with Crippen LogP contribution in [-0.2, 0) is 11.2 Å². The van der Waals surface area contributed by atoms with E-state index in [2.05, 4.69) is 10.3 Å². The Morgan fingerprint density at radius 2 is 2.33 bits per heavy atom. The molecule has 1 rings (SSSR count). The molecule has 100 valence electrons. The number of nitrogens with zero attached hydrogens (tertiary/aromatic N) is 1. The molecule has 5 nitrogen and oxygen atoms in total. The number of hydrogen-bond acceptors (Lipinski definition) is 4. The number of carbonyl (C=O) groups is 1. The minimum atomic E-state index is -0.0522. The Kier molecular flexibility index (Phi) is 6.14. The lowest BCUT2D eigenvalue weighted by Crippen LogP contribution is -2.30. The van der Waals surface area contributed by atoms with E-state index in [1.54, 1.807) is 18.3 Å². The summed E-state index contributed by atoms with van der Waals surface area (Å²) in [5.74, 6) is 0.280. The molecule has 0 radical (unpaired) electrons. The van der Waals surface area contributed by atoms with Gasteiger partial charge in [-0.1, -0.05) is 13.3 Å². The van der Waals surface area contributed by atoms with Gasteiger partial charge in [-0.15, -0.1) is 0 Å². The first kappa shape index (κ1) is 14.4. The van der Waals surface area contributed by atoms with Gasteiger partial charge in [-0.3, -0.25) is 9.78 Å². The molecule has 1 atom stereocenters. The minimum Gasteiger partial charge on any atom is -0.397 e. The number of carbonyl (C=O) groups excluding carboxylic acids is 1. The number of aliphatic hydroxyl groups is 1. The van der Waals surface area contributed by atoms with Crippen LogP contribution in [0.2, 0.25) is 0 Å². The molecule has 0 bridgehead atoms. The molecule has 0 aromatic carbocycles. The Hall–Kier alpha value is -1.62. The summed E-state index contributed by atoms with van der Waals surface area (Å²) in [6, 6.07) is 3.48. The normalized spacial score (nSPS) is 12.1. The first-order chi connectivity index (χ1) is 8.65. The highest BCUT2D eigenvalue weighted by Crippen LogP contribution is 2.06. The second-order valence-corrected chi connectivity index (χ2v) is 4.35. The second-order valence-electron chi connectivity index (χ2n) is 4.35. The van der Waals surface area contributed by atoms with Crippen molar-refractivity contribution >= 4 is 11.6 Å². The van der Waals surface area contributed by atoms with E-state index in [4.69, 9.17) is 10.8 Å². The molecule has 0 spiro atoms. The van der Waals surface area contributed by atoms with Crippen LogP contribution in [0.15, 0.2) is 18.3 Å². The van der Waals surface area contributed by atoms with Crippen LogP contribution in [0.5, 0.6) is 0 Å². The van der Waals surface area contributed by atoms with Crippen LogP contribution in [0.1, 0.15) is 25.5 Å². The molecule has 5 heteroatoms. The van der Waals surface area contributed by atoms with E-state index in [0.29, 0.717) is 23.8 Å². The smallest absolute Gasteiger partial charge is 0.226 e. The van der Waals surface area contributed by atoms with Gasteiger partial charge >= 0.3 is 0 Å². The van der Waals surface area contributed by atoms with Crippen molar-refractivity contribution in [1.29, 1.82) is 0 Å². The molecule has 1 unspecified atom stereocenters. The van der Waals surface area contributed by atoms with E-state index in [1.165, 1.54) is 0 Å². The number of pyridine rings is 1. The van der Waals surface area contributed by atoms with Gasteiger partial charge in [0.2, 0.25) is 5.91 Å². The van der Waals surface area contributed by atoms with Crippen LogP contribution >= 0.6 is 0 Å². The zero-order valence-corrected chi connectivity index (χ0v) is 10.7. The summed E-state index contributed by atoms with van der Waals surface area (Å²) in [5.41, 5.74) is 6.82. The van der Waals surface area contributed by atoms with E-state index >= 15 is 0 Å². The monoisotopic (exact) mass is 251 g/mol. The molecular weight excluding hydrogens is 230 g/mol. The number of hydrogen-bond donors (Lipinski definition) is 3. The van der Waals surface area contributed by atoms with Crippen LogP contribution in [0.3, 0.4) is 0 Å². The minimum absolute atomic E-state index is 0.0522. The lowest BCUT2D eigenvalue weighted by atomic mass is 10.0. The van der Waals surface area contributed by atoms with Crippen LogP contribution in [0.25, 0.3) is 0 Å². The van der Waals surface area contributed by atoms with Gasteiger partial charge in [0.25, 0.3) is 0 Å². The van der Waals surface area contributed by atoms with Gasteiger partial charge < -0.3 is 16.2 Å². The summed E-state index contributed by atoms with van der Waals surface area (Å²) in [5, 5.41) is 11.7. The second kappa shape index (κ2) is 7.66. The van der Waals surface area contributed by atoms with Crippen molar-refractivity contribution in [2.24, 2.45) is 5.92 Å². The molecule has 0 saturated carbocycles. The Bertz CT molecular complexity index is 365. The Labute approximate surface area is 107 Å². The van der Waals surface area contributed by atoms with Crippen molar-refractivity contribution < 1.29 is 9.90 Å². The average Bonchev–Trinajstić information content (AvgIpc) is 2.37. The topological polar surface area (TPSA) is 88.2 Å². The maximum atomic E-state index is 11.7. The summed E-state index contributed by atoms with van der Waals surface area (Å²) in [7, 11) is 0. The average molecular weight is 251 g/mol. The molecule has 0 aliphatic carbocycles. The maximum absolute atomic E-state index is 11.7. The molecule has 18 heavy (non-hydrogen) atoms. The fourth-order valence-corrected chi connectivity index (χ4v) is 1.66. The highest BCUT2D eigenvalue weighted by Gasteiger charge is 2.09. The van der Waals surface area contributed by atoms with Gasteiger partial charge in [0.05, 0.1) is 18.3 Å². The number of anilines is 1. The first-order valence-electron chi connectivity index (χ1n) is 6.23. The largest absolute Gasteiger partial charge is 0.397 e. The Morgan fingerprint density at radius 1 is 1.56 bits per heavy atom. The number of amides is 1. The maximum Gasteiger partial charge on any atom is 0.226 e. The van der Waals surface area contributed by atoms with Gasteiger partial charge in [-0.25, -0.2) is 0 Å². The third-order valence-electron chi connectivity index (χ3n) is 2.89. The SMILES string of the molecule is CCC(CCO)CNC(=O)Cc1ccc(N)cn1. The van der Waals surface area contributed by atoms with Crippen LogP contribution in [-0.4, -0.2) is 29.1 Å². The molecule has 0 aliphatic rings. The molecule has 1 aromatic heterocycles.